The molecule has 23 heavy (non-hydrogen) atoms. The van der Waals surface area contributed by atoms with Crippen molar-refractivity contribution in [3.8, 4) is 0 Å². The highest BCUT2D eigenvalue weighted by Gasteiger charge is 2.05. The van der Waals surface area contributed by atoms with Crippen molar-refractivity contribution < 1.29 is 9.63 Å². The van der Waals surface area contributed by atoms with E-state index in [1.807, 2.05) is 43.3 Å². The van der Waals surface area contributed by atoms with Crippen LogP contribution in [0.3, 0.4) is 0 Å². The Balaban J connectivity index is 2.13. The predicted molar refractivity (Wildman–Crippen MR) is 91.6 cm³/mol. The summed E-state index contributed by atoms with van der Waals surface area (Å²) in [6, 6.07) is 18.4. The zero-order chi connectivity index (χ0) is 16.3. The van der Waals surface area contributed by atoms with Crippen LogP contribution in [0, 0.1) is 0 Å². The van der Waals surface area contributed by atoms with Crippen LogP contribution in [0.2, 0.25) is 0 Å². The highest BCUT2D eigenvalue weighted by Crippen LogP contribution is 2.01. The summed E-state index contributed by atoms with van der Waals surface area (Å²) >= 11 is 0. The standard InChI is InChI=1S/C18H19N3O2/c1-2-13-23-19-14-17(15-9-5-3-6-10-15)20-21-18(22)16-11-7-4-8-12-16/h3-12,14H,2,13H2,1H3,(H,21,22). The lowest BCUT2D eigenvalue weighted by atomic mass is 10.1. The molecule has 0 radical (unpaired) electrons. The molecule has 0 aromatic heterocycles. The van der Waals surface area contributed by atoms with Crippen LogP contribution in [0.4, 0.5) is 0 Å². The van der Waals surface area contributed by atoms with E-state index in [0.29, 0.717) is 17.9 Å². The lowest BCUT2D eigenvalue weighted by Crippen LogP contribution is -2.20. The minimum absolute atomic E-state index is 0.276. The Labute approximate surface area is 135 Å². The van der Waals surface area contributed by atoms with Crippen LogP contribution in [0.25, 0.3) is 0 Å². The molecular formula is C18H19N3O2. The largest absolute Gasteiger partial charge is 0.396 e. The zero-order valence-electron chi connectivity index (χ0n) is 13.0. The first-order valence-corrected chi connectivity index (χ1v) is 7.45. The molecule has 0 heterocycles. The third kappa shape index (κ3) is 5.39. The fourth-order valence-electron chi connectivity index (χ4n) is 1.77. The Hall–Kier alpha value is -2.95. The number of carbonyl (C=O) groups excluding carboxylic acids is 1. The summed E-state index contributed by atoms with van der Waals surface area (Å²) in [6.45, 7) is 2.54. The van der Waals surface area contributed by atoms with E-state index in [1.54, 1.807) is 24.3 Å². The van der Waals surface area contributed by atoms with Crippen molar-refractivity contribution in [2.75, 3.05) is 6.61 Å². The Kier molecular flexibility index (Phi) is 6.53. The van der Waals surface area contributed by atoms with Gasteiger partial charge in [-0.05, 0) is 18.6 Å². The molecule has 1 N–H and O–H groups in total. The molecule has 118 valence electrons. The van der Waals surface area contributed by atoms with Crippen LogP contribution in [0.1, 0.15) is 29.3 Å². The van der Waals surface area contributed by atoms with E-state index in [1.165, 1.54) is 6.21 Å². The molecule has 0 spiro atoms. The fraction of sp³-hybridized carbons (Fsp3) is 0.167. The van der Waals surface area contributed by atoms with Crippen molar-refractivity contribution in [3.05, 3.63) is 71.8 Å². The van der Waals surface area contributed by atoms with Crippen molar-refractivity contribution >= 4 is 17.8 Å². The summed E-state index contributed by atoms with van der Waals surface area (Å²) in [4.78, 5) is 17.2. The average molecular weight is 309 g/mol. The van der Waals surface area contributed by atoms with Crippen molar-refractivity contribution in [1.82, 2.24) is 5.43 Å². The summed E-state index contributed by atoms with van der Waals surface area (Å²) < 4.78 is 0. The van der Waals surface area contributed by atoms with Crippen LogP contribution in [-0.2, 0) is 4.84 Å². The second-order valence-corrected chi connectivity index (χ2v) is 4.74. The number of nitrogens with one attached hydrogen (secondary N) is 1. The highest BCUT2D eigenvalue weighted by molar-refractivity contribution is 6.38. The van der Waals surface area contributed by atoms with Crippen LogP contribution >= 0.6 is 0 Å². The maximum Gasteiger partial charge on any atom is 0.271 e. The first kappa shape index (κ1) is 16.4. The third-order valence-electron chi connectivity index (χ3n) is 2.93. The predicted octanol–water partition coefficient (Wildman–Crippen LogP) is 3.23. The summed E-state index contributed by atoms with van der Waals surface area (Å²) in [5.41, 5.74) is 4.44. The van der Waals surface area contributed by atoms with Gasteiger partial charge >= 0.3 is 0 Å². The van der Waals surface area contributed by atoms with Gasteiger partial charge < -0.3 is 4.84 Å². The normalized spacial score (nSPS) is 11.4. The third-order valence-corrected chi connectivity index (χ3v) is 2.93. The van der Waals surface area contributed by atoms with E-state index >= 15 is 0 Å². The molecular weight excluding hydrogens is 290 g/mol. The number of carbonyl (C=O) groups is 1. The molecule has 2 rings (SSSR count). The maximum absolute atomic E-state index is 12.1. The van der Waals surface area contributed by atoms with Crippen molar-refractivity contribution in [1.29, 1.82) is 0 Å². The minimum Gasteiger partial charge on any atom is -0.396 e. The van der Waals surface area contributed by atoms with E-state index in [2.05, 4.69) is 15.7 Å². The first-order valence-electron chi connectivity index (χ1n) is 7.45. The Morgan fingerprint density at radius 2 is 1.65 bits per heavy atom. The smallest absolute Gasteiger partial charge is 0.271 e. The molecule has 2 aromatic rings. The van der Waals surface area contributed by atoms with Gasteiger partial charge in [-0.25, -0.2) is 5.43 Å². The van der Waals surface area contributed by atoms with E-state index in [4.69, 9.17) is 4.84 Å². The SMILES string of the molecule is CCCON=CC(=NNC(=O)c1ccccc1)c1ccccc1. The quantitative estimate of drug-likeness (QED) is 0.485. The summed E-state index contributed by atoms with van der Waals surface area (Å²) in [5, 5.41) is 8.04. The van der Waals surface area contributed by atoms with Gasteiger partial charge in [0.2, 0.25) is 0 Å². The Morgan fingerprint density at radius 3 is 2.26 bits per heavy atom. The molecule has 0 aliphatic rings. The molecule has 0 saturated carbocycles. The van der Waals surface area contributed by atoms with Gasteiger partial charge in [0.25, 0.3) is 5.91 Å². The summed E-state index contributed by atoms with van der Waals surface area (Å²) in [6.07, 6.45) is 2.37. The van der Waals surface area contributed by atoms with Gasteiger partial charge in [0.15, 0.2) is 0 Å². The molecule has 0 fully saturated rings. The molecule has 0 atom stereocenters. The van der Waals surface area contributed by atoms with Gasteiger partial charge in [0.05, 0.1) is 6.21 Å². The number of hydrogen-bond donors (Lipinski definition) is 1. The van der Waals surface area contributed by atoms with Crippen molar-refractivity contribution in [2.24, 2.45) is 10.3 Å². The topological polar surface area (TPSA) is 63.1 Å². The number of hydrazone groups is 1. The van der Waals surface area contributed by atoms with E-state index < -0.39 is 0 Å². The van der Waals surface area contributed by atoms with Gasteiger partial charge in [0.1, 0.15) is 12.3 Å². The monoisotopic (exact) mass is 309 g/mol. The first-order chi connectivity index (χ1) is 11.3. The highest BCUT2D eigenvalue weighted by atomic mass is 16.6. The van der Waals surface area contributed by atoms with Gasteiger partial charge in [-0.2, -0.15) is 5.10 Å². The van der Waals surface area contributed by atoms with Crippen LogP contribution < -0.4 is 5.43 Å². The fourth-order valence-corrected chi connectivity index (χ4v) is 1.77. The number of nitrogens with zero attached hydrogens (tertiary/aromatic N) is 2. The molecule has 0 saturated heterocycles. The maximum atomic E-state index is 12.1. The molecule has 0 unspecified atom stereocenters. The summed E-state index contributed by atoms with van der Waals surface area (Å²) in [5.74, 6) is -0.276. The molecule has 2 aromatic carbocycles. The summed E-state index contributed by atoms with van der Waals surface area (Å²) in [7, 11) is 0. The van der Waals surface area contributed by atoms with Gasteiger partial charge in [-0.3, -0.25) is 4.79 Å². The number of amides is 1. The molecule has 0 aliphatic carbocycles. The van der Waals surface area contributed by atoms with Gasteiger partial charge in [-0.1, -0.05) is 60.6 Å². The molecule has 5 heteroatoms. The van der Waals surface area contributed by atoms with Crippen molar-refractivity contribution in [3.63, 3.8) is 0 Å². The van der Waals surface area contributed by atoms with Gasteiger partial charge in [0, 0.05) is 11.1 Å². The average Bonchev–Trinajstić information content (AvgIpc) is 2.62. The molecule has 0 aliphatic heterocycles. The van der Waals surface area contributed by atoms with E-state index in [9.17, 15) is 4.79 Å². The lowest BCUT2D eigenvalue weighted by molar-refractivity contribution is 0.0955. The Bertz CT molecular complexity index is 667. The second-order valence-electron chi connectivity index (χ2n) is 4.74. The van der Waals surface area contributed by atoms with Gasteiger partial charge in [-0.15, -0.1) is 0 Å². The van der Waals surface area contributed by atoms with Crippen LogP contribution in [0.5, 0.6) is 0 Å². The number of hydrogen-bond acceptors (Lipinski definition) is 4. The second kappa shape index (κ2) is 9.15. The number of rotatable bonds is 7. The van der Waals surface area contributed by atoms with Crippen molar-refractivity contribution in [2.45, 2.75) is 13.3 Å². The lowest BCUT2D eigenvalue weighted by Gasteiger charge is -2.03. The minimum atomic E-state index is -0.276. The molecule has 0 bridgehead atoms. The molecule has 1 amide bonds. The zero-order valence-corrected chi connectivity index (χ0v) is 13.0. The number of benzene rings is 2. The number of oxime groups is 1. The molecule has 5 nitrogen and oxygen atoms in total. The van der Waals surface area contributed by atoms with Crippen LogP contribution in [-0.4, -0.2) is 24.4 Å². The Morgan fingerprint density at radius 1 is 1.04 bits per heavy atom. The van der Waals surface area contributed by atoms with E-state index in [-0.39, 0.29) is 5.91 Å². The van der Waals surface area contributed by atoms with Crippen LogP contribution in [0.15, 0.2) is 70.9 Å². The van der Waals surface area contributed by atoms with E-state index in [0.717, 1.165) is 12.0 Å².